The maximum absolute atomic E-state index is 8.97. The molecule has 1 unspecified atom stereocenters. The minimum absolute atomic E-state index is 0.0419. The predicted molar refractivity (Wildman–Crippen MR) is 50.3 cm³/mol. The van der Waals surface area contributed by atoms with Crippen LogP contribution in [0.25, 0.3) is 0 Å². The lowest BCUT2D eigenvalue weighted by Gasteiger charge is -2.12. The summed E-state index contributed by atoms with van der Waals surface area (Å²) >= 11 is 5.91. The van der Waals surface area contributed by atoms with Crippen LogP contribution in [0.2, 0.25) is 5.02 Å². The van der Waals surface area contributed by atoms with E-state index in [9.17, 15) is 0 Å². The van der Waals surface area contributed by atoms with Crippen LogP contribution in [0.15, 0.2) is 24.3 Å². The molecular formula is C9H12ClNO. The summed E-state index contributed by atoms with van der Waals surface area (Å²) in [6.45, 7) is 0.459. The Morgan fingerprint density at radius 1 is 1.42 bits per heavy atom. The van der Waals surface area contributed by atoms with E-state index in [0.717, 1.165) is 5.56 Å². The van der Waals surface area contributed by atoms with Crippen LogP contribution >= 0.6 is 11.6 Å². The molecule has 66 valence electrons. The molecule has 0 spiro atoms. The fraction of sp³-hybridized carbons (Fsp3) is 0.333. The summed E-state index contributed by atoms with van der Waals surface area (Å²) in [5, 5.41) is 9.63. The van der Waals surface area contributed by atoms with Gasteiger partial charge in [0.1, 0.15) is 0 Å². The van der Waals surface area contributed by atoms with Gasteiger partial charge in [-0.25, -0.2) is 0 Å². The van der Waals surface area contributed by atoms with Gasteiger partial charge in [0.15, 0.2) is 0 Å². The zero-order valence-electron chi connectivity index (χ0n) is 6.70. The van der Waals surface area contributed by atoms with Crippen molar-refractivity contribution >= 4 is 11.6 Å². The number of rotatable bonds is 3. The van der Waals surface area contributed by atoms with Crippen LogP contribution in [-0.4, -0.2) is 18.3 Å². The summed E-state index contributed by atoms with van der Waals surface area (Å²) < 4.78 is 0. The summed E-state index contributed by atoms with van der Waals surface area (Å²) in [4.78, 5) is 0. The molecule has 1 aromatic carbocycles. The lowest BCUT2D eigenvalue weighted by Crippen LogP contribution is -2.16. The Bertz CT molecular complexity index is 248. The van der Waals surface area contributed by atoms with Gasteiger partial charge in [0.2, 0.25) is 0 Å². The topological polar surface area (TPSA) is 46.2 Å². The van der Waals surface area contributed by atoms with Crippen molar-refractivity contribution in [2.75, 3.05) is 13.2 Å². The Morgan fingerprint density at radius 3 is 2.58 bits per heavy atom. The first-order valence-corrected chi connectivity index (χ1v) is 4.22. The van der Waals surface area contributed by atoms with Gasteiger partial charge in [-0.3, -0.25) is 0 Å². The van der Waals surface area contributed by atoms with E-state index in [1.165, 1.54) is 0 Å². The molecule has 0 bridgehead atoms. The Kier molecular flexibility index (Phi) is 3.53. The monoisotopic (exact) mass is 185 g/mol. The summed E-state index contributed by atoms with van der Waals surface area (Å²) in [7, 11) is 0. The van der Waals surface area contributed by atoms with Crippen molar-refractivity contribution in [3.63, 3.8) is 0 Å². The fourth-order valence-electron chi connectivity index (χ4n) is 1.11. The quantitative estimate of drug-likeness (QED) is 0.748. The van der Waals surface area contributed by atoms with Crippen molar-refractivity contribution in [1.29, 1.82) is 0 Å². The van der Waals surface area contributed by atoms with Gasteiger partial charge in [0.05, 0.1) is 6.61 Å². The number of halogens is 1. The second-order valence-electron chi connectivity index (χ2n) is 2.64. The highest BCUT2D eigenvalue weighted by Crippen LogP contribution is 2.22. The third-order valence-electron chi connectivity index (χ3n) is 1.85. The average Bonchev–Trinajstić information content (AvgIpc) is 2.10. The molecule has 1 atom stereocenters. The van der Waals surface area contributed by atoms with Crippen molar-refractivity contribution in [2.24, 2.45) is 5.73 Å². The van der Waals surface area contributed by atoms with E-state index in [-0.39, 0.29) is 12.5 Å². The first-order valence-electron chi connectivity index (χ1n) is 3.85. The van der Waals surface area contributed by atoms with Crippen LogP contribution in [-0.2, 0) is 0 Å². The van der Waals surface area contributed by atoms with Crippen LogP contribution in [0, 0.1) is 0 Å². The maximum atomic E-state index is 8.97. The molecular weight excluding hydrogens is 174 g/mol. The molecule has 1 aromatic rings. The summed E-state index contributed by atoms with van der Waals surface area (Å²) in [6.07, 6.45) is 0. The van der Waals surface area contributed by atoms with Crippen LogP contribution in [0.1, 0.15) is 11.5 Å². The Morgan fingerprint density at radius 2 is 2.08 bits per heavy atom. The van der Waals surface area contributed by atoms with Gasteiger partial charge in [0, 0.05) is 17.5 Å². The molecule has 0 heterocycles. The van der Waals surface area contributed by atoms with E-state index < -0.39 is 0 Å². The normalized spacial score (nSPS) is 12.9. The van der Waals surface area contributed by atoms with Crippen LogP contribution in [0.4, 0.5) is 0 Å². The third-order valence-corrected chi connectivity index (χ3v) is 2.19. The van der Waals surface area contributed by atoms with Crippen molar-refractivity contribution in [3.05, 3.63) is 34.9 Å². The summed E-state index contributed by atoms with van der Waals surface area (Å²) in [5.41, 5.74) is 6.39. The van der Waals surface area contributed by atoms with Gasteiger partial charge in [-0.1, -0.05) is 29.8 Å². The standard InChI is InChI=1S/C9H12ClNO/c10-9-4-2-1-3-8(9)7(5-11)6-12/h1-4,7,12H,5-6,11H2. The lowest BCUT2D eigenvalue weighted by molar-refractivity contribution is 0.268. The molecule has 3 heteroatoms. The molecule has 2 nitrogen and oxygen atoms in total. The molecule has 0 saturated heterocycles. The molecule has 0 aliphatic carbocycles. The molecule has 1 rings (SSSR count). The molecule has 0 saturated carbocycles. The van der Waals surface area contributed by atoms with Gasteiger partial charge in [-0.05, 0) is 11.6 Å². The third kappa shape index (κ3) is 1.97. The van der Waals surface area contributed by atoms with E-state index in [2.05, 4.69) is 0 Å². The molecule has 0 aliphatic rings. The van der Waals surface area contributed by atoms with Gasteiger partial charge < -0.3 is 10.8 Å². The van der Waals surface area contributed by atoms with Crippen molar-refractivity contribution in [2.45, 2.75) is 5.92 Å². The lowest BCUT2D eigenvalue weighted by atomic mass is 10.0. The zero-order chi connectivity index (χ0) is 8.97. The van der Waals surface area contributed by atoms with E-state index in [1.54, 1.807) is 6.07 Å². The largest absolute Gasteiger partial charge is 0.396 e. The van der Waals surface area contributed by atoms with Crippen LogP contribution < -0.4 is 5.73 Å². The summed E-state index contributed by atoms with van der Waals surface area (Å²) in [6, 6.07) is 7.43. The number of benzene rings is 1. The highest BCUT2D eigenvalue weighted by molar-refractivity contribution is 6.31. The fourth-order valence-corrected chi connectivity index (χ4v) is 1.40. The second-order valence-corrected chi connectivity index (χ2v) is 3.04. The van der Waals surface area contributed by atoms with Gasteiger partial charge >= 0.3 is 0 Å². The first kappa shape index (κ1) is 9.52. The molecule has 0 radical (unpaired) electrons. The Hall–Kier alpha value is -0.570. The summed E-state index contributed by atoms with van der Waals surface area (Å²) in [5.74, 6) is -0.0429. The smallest absolute Gasteiger partial charge is 0.0512 e. The highest BCUT2D eigenvalue weighted by Gasteiger charge is 2.10. The van der Waals surface area contributed by atoms with Crippen molar-refractivity contribution in [3.8, 4) is 0 Å². The van der Waals surface area contributed by atoms with Crippen molar-refractivity contribution in [1.82, 2.24) is 0 Å². The Labute approximate surface area is 77.0 Å². The number of hydrogen-bond donors (Lipinski definition) is 2. The zero-order valence-corrected chi connectivity index (χ0v) is 7.46. The molecule has 3 N–H and O–H groups in total. The first-order chi connectivity index (χ1) is 5.79. The van der Waals surface area contributed by atoms with E-state index in [0.29, 0.717) is 11.6 Å². The maximum Gasteiger partial charge on any atom is 0.0512 e. The highest BCUT2D eigenvalue weighted by atomic mass is 35.5. The SMILES string of the molecule is NCC(CO)c1ccccc1Cl. The second kappa shape index (κ2) is 4.45. The van der Waals surface area contributed by atoms with Gasteiger partial charge in [-0.15, -0.1) is 0 Å². The van der Waals surface area contributed by atoms with E-state index in [4.69, 9.17) is 22.4 Å². The number of hydrogen-bond acceptors (Lipinski definition) is 2. The van der Waals surface area contributed by atoms with Crippen molar-refractivity contribution < 1.29 is 5.11 Å². The number of nitrogens with two attached hydrogens (primary N) is 1. The molecule has 0 aliphatic heterocycles. The minimum atomic E-state index is -0.0429. The average molecular weight is 186 g/mol. The minimum Gasteiger partial charge on any atom is -0.396 e. The predicted octanol–water partition coefficient (Wildman–Crippen LogP) is 1.37. The molecule has 12 heavy (non-hydrogen) atoms. The van der Waals surface area contributed by atoms with Crippen LogP contribution in [0.5, 0.6) is 0 Å². The molecule has 0 amide bonds. The van der Waals surface area contributed by atoms with E-state index in [1.807, 2.05) is 18.2 Å². The van der Waals surface area contributed by atoms with Crippen LogP contribution in [0.3, 0.4) is 0 Å². The molecule has 0 fully saturated rings. The van der Waals surface area contributed by atoms with E-state index >= 15 is 0 Å². The van der Waals surface area contributed by atoms with Gasteiger partial charge in [-0.2, -0.15) is 0 Å². The van der Waals surface area contributed by atoms with Gasteiger partial charge in [0.25, 0.3) is 0 Å². The number of aliphatic hydroxyl groups excluding tert-OH is 1. The molecule has 0 aromatic heterocycles. The number of aliphatic hydroxyl groups is 1. The Balaban J connectivity index is 2.92.